The molecule has 0 saturated heterocycles. The summed E-state index contributed by atoms with van der Waals surface area (Å²) in [5, 5.41) is 0.605. The number of rotatable bonds is 4. The Kier molecular flexibility index (Phi) is 3.08. The third kappa shape index (κ3) is 2.22. The molecule has 1 fully saturated rings. The van der Waals surface area contributed by atoms with Crippen LogP contribution in [0.2, 0.25) is 0 Å². The zero-order valence-electron chi connectivity index (χ0n) is 12.1. The zero-order valence-corrected chi connectivity index (χ0v) is 12.1. The number of carbonyl (C=O) groups excluding carboxylic acids is 3. The second-order valence-corrected chi connectivity index (χ2v) is 6.21. The minimum Gasteiger partial charge on any atom is -0.329 e. The molecule has 2 aliphatic rings. The maximum Gasteiger partial charge on any atom is 0.339 e. The standard InChI is InChI=1S/C16H17NO4/c1-10(2)9-16(7-8-16)15(20)21-17-13(18)11-5-3-4-6-12(11)14(17)19/h3-6,10H,7-9H2,1-2H3. The van der Waals surface area contributed by atoms with E-state index >= 15 is 0 Å². The Balaban J connectivity index is 1.77. The Hall–Kier alpha value is -2.17. The van der Waals surface area contributed by atoms with E-state index in [1.54, 1.807) is 24.3 Å². The maximum absolute atomic E-state index is 12.3. The van der Waals surface area contributed by atoms with E-state index in [2.05, 4.69) is 0 Å². The Bertz CT molecular complexity index is 596. The smallest absolute Gasteiger partial charge is 0.329 e. The molecule has 0 radical (unpaired) electrons. The molecule has 1 aliphatic heterocycles. The number of nitrogens with zero attached hydrogens (tertiary/aromatic N) is 1. The molecule has 110 valence electrons. The zero-order chi connectivity index (χ0) is 15.2. The quantitative estimate of drug-likeness (QED) is 0.798. The van der Waals surface area contributed by atoms with Crippen LogP contribution >= 0.6 is 0 Å². The summed E-state index contributed by atoms with van der Waals surface area (Å²) in [6, 6.07) is 6.47. The second-order valence-electron chi connectivity index (χ2n) is 6.21. The molecule has 0 spiro atoms. The Morgan fingerprint density at radius 1 is 1.19 bits per heavy atom. The molecule has 0 N–H and O–H groups in total. The highest BCUT2D eigenvalue weighted by Gasteiger charge is 2.53. The van der Waals surface area contributed by atoms with Crippen LogP contribution in [0.1, 0.15) is 53.8 Å². The molecule has 0 bridgehead atoms. The minimum absolute atomic E-state index is 0.281. The molecule has 0 aromatic heterocycles. The van der Waals surface area contributed by atoms with Crippen LogP contribution in [0.25, 0.3) is 0 Å². The van der Waals surface area contributed by atoms with Gasteiger partial charge in [-0.2, -0.15) is 0 Å². The topological polar surface area (TPSA) is 63.7 Å². The van der Waals surface area contributed by atoms with Crippen molar-refractivity contribution in [2.24, 2.45) is 11.3 Å². The fourth-order valence-electron chi connectivity index (χ4n) is 2.85. The minimum atomic E-state index is -0.565. The SMILES string of the molecule is CC(C)CC1(C(=O)ON2C(=O)c3ccccc3C2=O)CC1. The van der Waals surface area contributed by atoms with Gasteiger partial charge in [0, 0.05) is 0 Å². The number of hydrogen-bond donors (Lipinski definition) is 0. The molecular formula is C16H17NO4. The maximum atomic E-state index is 12.3. The molecule has 1 saturated carbocycles. The predicted molar refractivity (Wildman–Crippen MR) is 74.2 cm³/mol. The number of imide groups is 1. The van der Waals surface area contributed by atoms with Crippen molar-refractivity contribution in [1.29, 1.82) is 0 Å². The van der Waals surface area contributed by atoms with Gasteiger partial charge >= 0.3 is 5.97 Å². The normalized spacial score (nSPS) is 18.9. The van der Waals surface area contributed by atoms with Crippen molar-refractivity contribution in [2.45, 2.75) is 33.1 Å². The molecule has 1 heterocycles. The molecule has 0 unspecified atom stereocenters. The van der Waals surface area contributed by atoms with E-state index in [1.165, 1.54) is 0 Å². The van der Waals surface area contributed by atoms with Gasteiger partial charge in [-0.25, -0.2) is 4.79 Å². The Morgan fingerprint density at radius 3 is 2.14 bits per heavy atom. The summed E-state index contributed by atoms with van der Waals surface area (Å²) in [6.07, 6.45) is 2.23. The van der Waals surface area contributed by atoms with Crippen molar-refractivity contribution in [1.82, 2.24) is 5.06 Å². The second kappa shape index (κ2) is 4.69. The summed E-state index contributed by atoms with van der Waals surface area (Å²) in [5.41, 5.74) is 0.0526. The number of carbonyl (C=O) groups is 3. The molecule has 0 atom stereocenters. The van der Waals surface area contributed by atoms with Gasteiger partial charge in [-0.3, -0.25) is 9.59 Å². The van der Waals surface area contributed by atoms with Crippen LogP contribution in [0.5, 0.6) is 0 Å². The number of amides is 2. The fourth-order valence-corrected chi connectivity index (χ4v) is 2.85. The van der Waals surface area contributed by atoms with Gasteiger partial charge in [0.1, 0.15) is 0 Å². The van der Waals surface area contributed by atoms with Gasteiger partial charge in [-0.1, -0.05) is 31.0 Å². The fraction of sp³-hybridized carbons (Fsp3) is 0.438. The lowest BCUT2D eigenvalue weighted by Crippen LogP contribution is -2.36. The highest BCUT2D eigenvalue weighted by molar-refractivity contribution is 6.20. The molecule has 3 rings (SSSR count). The summed E-state index contributed by atoms with van der Waals surface area (Å²) in [7, 11) is 0. The summed E-state index contributed by atoms with van der Waals surface area (Å²) in [5.74, 6) is -1.23. The van der Waals surface area contributed by atoms with Crippen molar-refractivity contribution in [3.63, 3.8) is 0 Å². The lowest BCUT2D eigenvalue weighted by atomic mass is 9.94. The van der Waals surface area contributed by atoms with Crippen molar-refractivity contribution in [3.8, 4) is 0 Å². The van der Waals surface area contributed by atoms with Crippen LogP contribution in [-0.2, 0) is 9.63 Å². The molecule has 21 heavy (non-hydrogen) atoms. The first-order chi connectivity index (χ1) is 9.94. The van der Waals surface area contributed by atoms with Gasteiger partial charge in [0.15, 0.2) is 0 Å². The van der Waals surface area contributed by atoms with Gasteiger partial charge in [-0.15, -0.1) is 0 Å². The van der Waals surface area contributed by atoms with Crippen LogP contribution in [0, 0.1) is 11.3 Å². The molecule has 2 amide bonds. The molecule has 1 aliphatic carbocycles. The van der Waals surface area contributed by atoms with Crippen LogP contribution in [-0.4, -0.2) is 22.8 Å². The van der Waals surface area contributed by atoms with E-state index in [-0.39, 0.29) is 11.1 Å². The van der Waals surface area contributed by atoms with Gasteiger partial charge in [0.05, 0.1) is 16.5 Å². The lowest BCUT2D eigenvalue weighted by molar-refractivity contribution is -0.176. The van der Waals surface area contributed by atoms with Gasteiger partial charge in [0.2, 0.25) is 0 Å². The highest BCUT2D eigenvalue weighted by Crippen LogP contribution is 2.51. The largest absolute Gasteiger partial charge is 0.339 e. The summed E-state index contributed by atoms with van der Waals surface area (Å²) < 4.78 is 0. The summed E-state index contributed by atoms with van der Waals surface area (Å²) >= 11 is 0. The first-order valence-corrected chi connectivity index (χ1v) is 7.15. The highest BCUT2D eigenvalue weighted by atomic mass is 16.7. The Labute approximate surface area is 122 Å². The molecule has 1 aromatic rings. The summed E-state index contributed by atoms with van der Waals surface area (Å²) in [4.78, 5) is 41.7. The van der Waals surface area contributed by atoms with Crippen LogP contribution in [0.4, 0.5) is 0 Å². The van der Waals surface area contributed by atoms with Crippen molar-refractivity contribution in [2.75, 3.05) is 0 Å². The lowest BCUT2D eigenvalue weighted by Gasteiger charge is -2.19. The molecule has 1 aromatic carbocycles. The van der Waals surface area contributed by atoms with E-state index in [9.17, 15) is 14.4 Å². The third-order valence-corrected chi connectivity index (χ3v) is 4.02. The van der Waals surface area contributed by atoms with E-state index in [1.807, 2.05) is 13.8 Å². The van der Waals surface area contributed by atoms with Crippen LogP contribution in [0.3, 0.4) is 0 Å². The average molecular weight is 287 g/mol. The van der Waals surface area contributed by atoms with Crippen molar-refractivity contribution < 1.29 is 19.2 Å². The third-order valence-electron chi connectivity index (χ3n) is 4.02. The van der Waals surface area contributed by atoms with Crippen LogP contribution < -0.4 is 0 Å². The van der Waals surface area contributed by atoms with E-state index in [4.69, 9.17) is 4.84 Å². The van der Waals surface area contributed by atoms with Crippen LogP contribution in [0.15, 0.2) is 24.3 Å². The van der Waals surface area contributed by atoms with Gasteiger partial charge in [-0.05, 0) is 37.3 Å². The number of fused-ring (bicyclic) bond motifs is 1. The number of hydroxylamine groups is 2. The van der Waals surface area contributed by atoms with E-state index in [0.717, 1.165) is 19.3 Å². The van der Waals surface area contributed by atoms with E-state index in [0.29, 0.717) is 11.0 Å². The van der Waals surface area contributed by atoms with Crippen molar-refractivity contribution in [3.05, 3.63) is 35.4 Å². The number of hydrogen-bond acceptors (Lipinski definition) is 4. The molecule has 5 nitrogen and oxygen atoms in total. The molecular weight excluding hydrogens is 270 g/mol. The first kappa shape index (κ1) is 13.8. The van der Waals surface area contributed by atoms with Gasteiger partial charge in [0.25, 0.3) is 11.8 Å². The van der Waals surface area contributed by atoms with E-state index < -0.39 is 23.2 Å². The Morgan fingerprint density at radius 2 is 1.71 bits per heavy atom. The molecule has 5 heteroatoms. The van der Waals surface area contributed by atoms with Crippen molar-refractivity contribution >= 4 is 17.8 Å². The monoisotopic (exact) mass is 287 g/mol. The average Bonchev–Trinajstić information content (AvgIpc) is 3.18. The number of benzene rings is 1. The van der Waals surface area contributed by atoms with Gasteiger partial charge < -0.3 is 4.84 Å². The first-order valence-electron chi connectivity index (χ1n) is 7.15. The summed E-state index contributed by atoms with van der Waals surface area (Å²) in [6.45, 7) is 4.07. The predicted octanol–water partition coefficient (Wildman–Crippen LogP) is 2.57.